The van der Waals surface area contributed by atoms with E-state index < -0.39 is 17.7 Å². The highest BCUT2D eigenvalue weighted by Gasteiger charge is 2.51. The van der Waals surface area contributed by atoms with Gasteiger partial charge in [0, 0.05) is 24.3 Å². The lowest BCUT2D eigenvalue weighted by Gasteiger charge is -2.42. The number of benzene rings is 3. The van der Waals surface area contributed by atoms with Crippen LogP contribution in [0.4, 0.5) is 16.2 Å². The Morgan fingerprint density at radius 3 is 2.36 bits per heavy atom. The molecule has 7 nitrogen and oxygen atoms in total. The van der Waals surface area contributed by atoms with E-state index in [0.717, 1.165) is 18.0 Å². The van der Waals surface area contributed by atoms with Gasteiger partial charge in [-0.1, -0.05) is 66.7 Å². The number of carbonyl (C=O) groups is 2. The number of para-hydroxylation sites is 2. The van der Waals surface area contributed by atoms with E-state index in [0.29, 0.717) is 29.9 Å². The second kappa shape index (κ2) is 9.85. The van der Waals surface area contributed by atoms with Crippen molar-refractivity contribution >= 4 is 23.3 Å². The maximum atomic E-state index is 13.4. The molecule has 3 aromatic carbocycles. The molecular formula is C26H28N4O3. The van der Waals surface area contributed by atoms with Gasteiger partial charge in [0.1, 0.15) is 0 Å². The first-order valence-electron chi connectivity index (χ1n) is 11.0. The van der Waals surface area contributed by atoms with Gasteiger partial charge in [0.05, 0.1) is 5.69 Å². The molecule has 3 aromatic rings. The fourth-order valence-corrected chi connectivity index (χ4v) is 4.09. The molecule has 0 saturated carbocycles. The summed E-state index contributed by atoms with van der Waals surface area (Å²) in [5, 5.41) is 17.3. The van der Waals surface area contributed by atoms with Crippen LogP contribution >= 0.6 is 0 Å². The first-order chi connectivity index (χ1) is 16.0. The minimum Gasteiger partial charge on any atom is -0.359 e. The number of anilines is 2. The quantitative estimate of drug-likeness (QED) is 0.464. The van der Waals surface area contributed by atoms with Crippen molar-refractivity contribution in [1.29, 1.82) is 0 Å². The molecule has 1 heterocycles. The average molecular weight is 445 g/mol. The van der Waals surface area contributed by atoms with Crippen molar-refractivity contribution in [3.8, 4) is 0 Å². The number of amides is 3. The van der Waals surface area contributed by atoms with Crippen LogP contribution in [0.15, 0.2) is 84.9 Å². The molecule has 170 valence electrons. The van der Waals surface area contributed by atoms with Gasteiger partial charge in [-0.2, -0.15) is 0 Å². The molecule has 0 aromatic heterocycles. The van der Waals surface area contributed by atoms with E-state index in [-0.39, 0.29) is 0 Å². The van der Waals surface area contributed by atoms with E-state index in [1.165, 1.54) is 5.56 Å². The van der Waals surface area contributed by atoms with Gasteiger partial charge in [-0.05, 0) is 43.8 Å². The number of nitrogens with zero attached hydrogens (tertiary/aromatic N) is 2. The van der Waals surface area contributed by atoms with Crippen molar-refractivity contribution in [3.63, 3.8) is 0 Å². The molecule has 0 radical (unpaired) electrons. The summed E-state index contributed by atoms with van der Waals surface area (Å²) in [5.41, 5.74) is 0.212. The highest BCUT2D eigenvalue weighted by Crippen LogP contribution is 2.39. The van der Waals surface area contributed by atoms with Crippen LogP contribution in [0, 0.1) is 0 Å². The number of fused-ring (bicyclic) bond motifs is 1. The summed E-state index contributed by atoms with van der Waals surface area (Å²) in [5.74, 6) is -0.639. The molecule has 0 saturated heterocycles. The van der Waals surface area contributed by atoms with Gasteiger partial charge in [-0.3, -0.25) is 9.69 Å². The highest BCUT2D eigenvalue weighted by atomic mass is 16.3. The third-order valence-electron chi connectivity index (χ3n) is 5.70. The van der Waals surface area contributed by atoms with Crippen LogP contribution in [0.1, 0.15) is 17.5 Å². The standard InChI is InChI=1S/C26H28N4O3/c1-29(19-20-11-4-2-5-12-20)18-10-17-27-24(31)26(33)22-15-8-9-16-23(22)28-25(32)30(26)21-13-6-3-7-14-21/h2-9,11-16,33H,10,17-19H2,1H3,(H,27,31)(H,28,32)/t26-/m0/s1. The van der Waals surface area contributed by atoms with Gasteiger partial charge in [0.2, 0.25) is 0 Å². The third kappa shape index (κ3) is 4.74. The third-order valence-corrected chi connectivity index (χ3v) is 5.70. The van der Waals surface area contributed by atoms with Crippen LogP contribution in [0.3, 0.4) is 0 Å². The lowest BCUT2D eigenvalue weighted by Crippen LogP contribution is -2.62. The number of nitrogens with one attached hydrogen (secondary N) is 2. The van der Waals surface area contributed by atoms with Crippen LogP contribution in [0.25, 0.3) is 0 Å². The van der Waals surface area contributed by atoms with E-state index in [4.69, 9.17) is 0 Å². The Labute approximate surface area is 193 Å². The van der Waals surface area contributed by atoms with Gasteiger partial charge in [0.25, 0.3) is 11.6 Å². The smallest absolute Gasteiger partial charge is 0.329 e. The number of hydrogen-bond donors (Lipinski definition) is 3. The van der Waals surface area contributed by atoms with E-state index in [1.54, 1.807) is 48.5 Å². The van der Waals surface area contributed by atoms with Crippen LogP contribution in [-0.4, -0.2) is 42.1 Å². The fourth-order valence-electron chi connectivity index (χ4n) is 4.09. The predicted molar refractivity (Wildman–Crippen MR) is 129 cm³/mol. The van der Waals surface area contributed by atoms with Gasteiger partial charge >= 0.3 is 6.03 Å². The predicted octanol–water partition coefficient (Wildman–Crippen LogP) is 3.52. The van der Waals surface area contributed by atoms with Crippen molar-refractivity contribution in [2.75, 3.05) is 30.4 Å². The second-order valence-electron chi connectivity index (χ2n) is 8.15. The molecule has 0 fully saturated rings. The SMILES string of the molecule is CN(CCCNC(=O)[C@@]1(O)c2ccccc2NC(=O)N1c1ccccc1)Cc1ccccc1. The molecule has 33 heavy (non-hydrogen) atoms. The first-order valence-corrected chi connectivity index (χ1v) is 11.0. The Bertz CT molecular complexity index is 1110. The molecule has 3 amide bonds. The van der Waals surface area contributed by atoms with Gasteiger partial charge in [0.15, 0.2) is 0 Å². The number of hydrogen-bond acceptors (Lipinski definition) is 4. The normalized spacial score (nSPS) is 17.4. The minimum atomic E-state index is -2.17. The first kappa shape index (κ1) is 22.5. The molecule has 0 unspecified atom stereocenters. The molecule has 3 N–H and O–H groups in total. The molecule has 0 bridgehead atoms. The Hall–Kier alpha value is -3.68. The van der Waals surface area contributed by atoms with E-state index >= 15 is 0 Å². The summed E-state index contributed by atoms with van der Waals surface area (Å²) in [6, 6.07) is 25.1. The summed E-state index contributed by atoms with van der Waals surface area (Å²) < 4.78 is 0. The fraction of sp³-hybridized carbons (Fsp3) is 0.231. The Kier molecular flexibility index (Phi) is 6.72. The topological polar surface area (TPSA) is 84.9 Å². The zero-order valence-electron chi connectivity index (χ0n) is 18.6. The molecule has 1 aliphatic rings. The molecule has 0 spiro atoms. The Morgan fingerprint density at radius 2 is 1.64 bits per heavy atom. The summed E-state index contributed by atoms with van der Waals surface area (Å²) >= 11 is 0. The number of carbonyl (C=O) groups excluding carboxylic acids is 2. The second-order valence-corrected chi connectivity index (χ2v) is 8.15. The summed E-state index contributed by atoms with van der Waals surface area (Å²) in [4.78, 5) is 29.6. The van der Waals surface area contributed by atoms with E-state index in [1.807, 2.05) is 31.3 Å². The molecule has 7 heteroatoms. The zero-order valence-corrected chi connectivity index (χ0v) is 18.6. The van der Waals surface area contributed by atoms with Crippen LogP contribution in [-0.2, 0) is 17.1 Å². The van der Waals surface area contributed by atoms with Gasteiger partial charge in [-0.25, -0.2) is 4.79 Å². The van der Waals surface area contributed by atoms with E-state index in [2.05, 4.69) is 27.7 Å². The zero-order chi connectivity index (χ0) is 23.3. The number of rotatable bonds is 8. The van der Waals surface area contributed by atoms with Crippen LogP contribution in [0.5, 0.6) is 0 Å². The maximum absolute atomic E-state index is 13.4. The monoisotopic (exact) mass is 444 g/mol. The maximum Gasteiger partial charge on any atom is 0.329 e. The van der Waals surface area contributed by atoms with Crippen LogP contribution in [0.2, 0.25) is 0 Å². The van der Waals surface area contributed by atoms with Crippen molar-refractivity contribution in [1.82, 2.24) is 10.2 Å². The van der Waals surface area contributed by atoms with Gasteiger partial charge < -0.3 is 20.6 Å². The molecule has 0 aliphatic carbocycles. The van der Waals surface area contributed by atoms with Crippen molar-refractivity contribution < 1.29 is 14.7 Å². The lowest BCUT2D eigenvalue weighted by atomic mass is 9.95. The largest absolute Gasteiger partial charge is 0.359 e. The summed E-state index contributed by atoms with van der Waals surface area (Å²) in [6.45, 7) is 1.95. The minimum absolute atomic E-state index is 0.326. The van der Waals surface area contributed by atoms with Crippen LogP contribution < -0.4 is 15.5 Å². The Balaban J connectivity index is 1.47. The average Bonchev–Trinajstić information content (AvgIpc) is 2.83. The molecular weight excluding hydrogens is 416 g/mol. The number of aliphatic hydroxyl groups is 1. The van der Waals surface area contributed by atoms with E-state index in [9.17, 15) is 14.7 Å². The van der Waals surface area contributed by atoms with Crippen molar-refractivity contribution in [2.45, 2.75) is 18.7 Å². The highest BCUT2D eigenvalue weighted by molar-refractivity contribution is 6.11. The molecule has 1 atom stereocenters. The lowest BCUT2D eigenvalue weighted by molar-refractivity contribution is -0.140. The number of urea groups is 1. The summed E-state index contributed by atoms with van der Waals surface area (Å²) in [6.07, 6.45) is 0.699. The van der Waals surface area contributed by atoms with Crippen molar-refractivity contribution in [2.24, 2.45) is 0 Å². The summed E-state index contributed by atoms with van der Waals surface area (Å²) in [7, 11) is 2.03. The van der Waals surface area contributed by atoms with Gasteiger partial charge in [-0.15, -0.1) is 0 Å². The Morgan fingerprint density at radius 1 is 1.00 bits per heavy atom. The molecule has 4 rings (SSSR count). The molecule has 1 aliphatic heterocycles. The van der Waals surface area contributed by atoms with Crippen molar-refractivity contribution in [3.05, 3.63) is 96.1 Å².